The highest BCUT2D eigenvalue weighted by atomic mass is 16.5. The number of aromatic nitrogens is 2. The lowest BCUT2D eigenvalue weighted by Crippen LogP contribution is -2.45. The average Bonchev–Trinajstić information content (AvgIpc) is 2.22. The summed E-state index contributed by atoms with van der Waals surface area (Å²) < 4.78 is 4.80. The smallest absolute Gasteiger partial charge is 0.255 e. The van der Waals surface area contributed by atoms with E-state index in [4.69, 9.17) is 10.5 Å². The molecule has 0 unspecified atom stereocenters. The Labute approximate surface area is 97.6 Å². The zero-order valence-corrected chi connectivity index (χ0v) is 9.34. The predicted molar refractivity (Wildman–Crippen MR) is 57.6 cm³/mol. The van der Waals surface area contributed by atoms with Gasteiger partial charge in [0.2, 0.25) is 0 Å². The maximum Gasteiger partial charge on any atom is 0.255 e. The van der Waals surface area contributed by atoms with Crippen LogP contribution in [0.25, 0.3) is 0 Å². The molecule has 1 saturated heterocycles. The van der Waals surface area contributed by atoms with Crippen LogP contribution >= 0.6 is 0 Å². The first kappa shape index (κ1) is 11.5. The van der Waals surface area contributed by atoms with Crippen LogP contribution in [-0.4, -0.2) is 39.9 Å². The summed E-state index contributed by atoms with van der Waals surface area (Å²) in [6, 6.07) is 1.62. The van der Waals surface area contributed by atoms with Gasteiger partial charge in [0.05, 0.1) is 6.54 Å². The van der Waals surface area contributed by atoms with Crippen molar-refractivity contribution in [2.24, 2.45) is 0 Å². The van der Waals surface area contributed by atoms with E-state index in [1.54, 1.807) is 13.0 Å². The quantitative estimate of drug-likeness (QED) is 0.678. The van der Waals surface area contributed by atoms with Gasteiger partial charge in [0, 0.05) is 11.8 Å². The Morgan fingerprint density at radius 2 is 2.00 bits per heavy atom. The fourth-order valence-electron chi connectivity index (χ4n) is 1.57. The largest absolute Gasteiger partial charge is 0.384 e. The molecule has 7 heteroatoms. The number of ether oxygens (including phenoxy) is 1. The minimum atomic E-state index is -0.384. The number of amides is 2. The molecule has 0 saturated carbocycles. The lowest BCUT2D eigenvalue weighted by molar-refractivity contribution is -0.159. The Morgan fingerprint density at radius 3 is 2.59 bits per heavy atom. The molecule has 0 bridgehead atoms. The topological polar surface area (TPSA) is 98.4 Å². The predicted octanol–water partition coefficient (Wildman–Crippen LogP) is -0.747. The van der Waals surface area contributed by atoms with Gasteiger partial charge in [-0.3, -0.25) is 14.5 Å². The van der Waals surface area contributed by atoms with E-state index < -0.39 is 0 Å². The lowest BCUT2D eigenvalue weighted by Gasteiger charge is -2.24. The number of carbonyl (C=O) groups is 2. The summed E-state index contributed by atoms with van der Waals surface area (Å²) in [7, 11) is 0. The first-order chi connectivity index (χ1) is 8.06. The molecule has 1 aliphatic heterocycles. The van der Waals surface area contributed by atoms with Crippen LogP contribution in [0.5, 0.6) is 0 Å². The van der Waals surface area contributed by atoms with E-state index in [0.29, 0.717) is 17.3 Å². The maximum atomic E-state index is 11.5. The maximum absolute atomic E-state index is 11.5. The molecular weight excluding hydrogens is 224 g/mol. The molecule has 2 heterocycles. The fraction of sp³-hybridized carbons (Fsp3) is 0.400. The Bertz CT molecular complexity index is 438. The first-order valence-electron chi connectivity index (χ1n) is 5.07. The number of hydrogen-bond donors (Lipinski definition) is 1. The van der Waals surface area contributed by atoms with Gasteiger partial charge in [0.25, 0.3) is 11.8 Å². The van der Waals surface area contributed by atoms with E-state index in [9.17, 15) is 9.59 Å². The summed E-state index contributed by atoms with van der Waals surface area (Å²) in [5.74, 6) is -0.0957. The summed E-state index contributed by atoms with van der Waals surface area (Å²) in [6.45, 7) is 1.62. The number of morpholine rings is 1. The number of rotatable bonds is 2. The van der Waals surface area contributed by atoms with E-state index in [1.165, 1.54) is 0 Å². The van der Waals surface area contributed by atoms with Gasteiger partial charge in [-0.2, -0.15) is 0 Å². The molecule has 2 N–H and O–H groups in total. The summed E-state index contributed by atoms with van der Waals surface area (Å²) in [5, 5.41) is 0. The van der Waals surface area contributed by atoms with Gasteiger partial charge < -0.3 is 10.5 Å². The van der Waals surface area contributed by atoms with Gasteiger partial charge in [0.1, 0.15) is 19.0 Å². The lowest BCUT2D eigenvalue weighted by atomic mass is 10.3. The van der Waals surface area contributed by atoms with E-state index in [2.05, 4.69) is 9.97 Å². The fourth-order valence-corrected chi connectivity index (χ4v) is 1.57. The molecule has 90 valence electrons. The standard InChI is InChI=1S/C10H12N4O3/c1-6-2-7(11)13-8(12-6)3-14-9(15)4-17-5-10(14)16/h2H,3-5H2,1H3,(H2,11,12,13). The number of hydrogen-bond acceptors (Lipinski definition) is 6. The van der Waals surface area contributed by atoms with Crippen LogP contribution < -0.4 is 5.73 Å². The number of nitrogens with zero attached hydrogens (tertiary/aromatic N) is 3. The van der Waals surface area contributed by atoms with Gasteiger partial charge >= 0.3 is 0 Å². The van der Waals surface area contributed by atoms with Crippen molar-refractivity contribution >= 4 is 17.6 Å². The molecule has 1 aliphatic rings. The second-order valence-corrected chi connectivity index (χ2v) is 3.72. The highest BCUT2D eigenvalue weighted by Crippen LogP contribution is 2.08. The summed E-state index contributed by atoms with van der Waals surface area (Å²) in [5.41, 5.74) is 6.26. The highest BCUT2D eigenvalue weighted by Gasteiger charge is 2.27. The number of carbonyl (C=O) groups excluding carboxylic acids is 2. The van der Waals surface area contributed by atoms with Gasteiger partial charge in [-0.25, -0.2) is 9.97 Å². The number of aryl methyl sites for hydroxylation is 1. The summed E-state index contributed by atoms with van der Waals surface area (Å²) in [4.78, 5) is 32.1. The summed E-state index contributed by atoms with van der Waals surface area (Å²) >= 11 is 0. The van der Waals surface area contributed by atoms with Gasteiger partial charge in [0.15, 0.2) is 5.82 Å². The van der Waals surface area contributed by atoms with Crippen LogP contribution in [0.15, 0.2) is 6.07 Å². The molecule has 0 atom stereocenters. The van der Waals surface area contributed by atoms with Crippen LogP contribution in [0.3, 0.4) is 0 Å². The molecule has 0 spiro atoms. The van der Waals surface area contributed by atoms with Crippen molar-refractivity contribution in [2.75, 3.05) is 18.9 Å². The van der Waals surface area contributed by atoms with Crippen molar-refractivity contribution in [2.45, 2.75) is 13.5 Å². The minimum absolute atomic E-state index is 0.0346. The molecule has 0 aromatic carbocycles. The third-order valence-electron chi connectivity index (χ3n) is 2.27. The third kappa shape index (κ3) is 2.56. The van der Waals surface area contributed by atoms with Crippen LogP contribution in [-0.2, 0) is 20.9 Å². The first-order valence-corrected chi connectivity index (χ1v) is 5.07. The molecule has 0 radical (unpaired) electrons. The molecule has 1 fully saturated rings. The van der Waals surface area contributed by atoms with Gasteiger partial charge in [-0.15, -0.1) is 0 Å². The number of imide groups is 1. The van der Waals surface area contributed by atoms with Gasteiger partial charge in [-0.05, 0) is 6.92 Å². The molecule has 1 aromatic rings. The number of anilines is 1. The summed E-state index contributed by atoms with van der Waals surface area (Å²) in [6.07, 6.45) is 0. The Kier molecular flexibility index (Phi) is 3.01. The van der Waals surface area contributed by atoms with Crippen molar-refractivity contribution in [1.29, 1.82) is 0 Å². The van der Waals surface area contributed by atoms with Crippen molar-refractivity contribution in [1.82, 2.24) is 14.9 Å². The molecule has 2 amide bonds. The van der Waals surface area contributed by atoms with E-state index in [0.717, 1.165) is 4.90 Å². The van der Waals surface area contributed by atoms with Crippen molar-refractivity contribution in [3.05, 3.63) is 17.6 Å². The zero-order chi connectivity index (χ0) is 12.4. The molecule has 17 heavy (non-hydrogen) atoms. The average molecular weight is 236 g/mol. The molecule has 7 nitrogen and oxygen atoms in total. The van der Waals surface area contributed by atoms with Gasteiger partial charge in [-0.1, -0.05) is 0 Å². The Hall–Kier alpha value is -2.02. The third-order valence-corrected chi connectivity index (χ3v) is 2.27. The molecule has 0 aliphatic carbocycles. The second kappa shape index (κ2) is 4.46. The minimum Gasteiger partial charge on any atom is -0.384 e. The molecular formula is C10H12N4O3. The van der Waals surface area contributed by atoms with Crippen LogP contribution in [0.1, 0.15) is 11.5 Å². The monoisotopic (exact) mass is 236 g/mol. The normalized spacial score (nSPS) is 16.4. The van der Waals surface area contributed by atoms with Crippen molar-refractivity contribution < 1.29 is 14.3 Å². The Morgan fingerprint density at radius 1 is 1.35 bits per heavy atom. The number of nitrogens with two attached hydrogens (primary N) is 1. The highest BCUT2D eigenvalue weighted by molar-refractivity contribution is 5.98. The van der Waals surface area contributed by atoms with E-state index in [1.807, 2.05) is 0 Å². The molecule has 2 rings (SSSR count). The van der Waals surface area contributed by atoms with Crippen LogP contribution in [0, 0.1) is 6.92 Å². The van der Waals surface area contributed by atoms with E-state index in [-0.39, 0.29) is 31.6 Å². The van der Waals surface area contributed by atoms with Crippen molar-refractivity contribution in [3.63, 3.8) is 0 Å². The van der Waals surface area contributed by atoms with Crippen LogP contribution in [0.2, 0.25) is 0 Å². The second-order valence-electron chi connectivity index (χ2n) is 3.72. The van der Waals surface area contributed by atoms with E-state index >= 15 is 0 Å². The Balaban J connectivity index is 2.19. The van der Waals surface area contributed by atoms with Crippen molar-refractivity contribution in [3.8, 4) is 0 Å². The SMILES string of the molecule is Cc1cc(N)nc(CN2C(=O)COCC2=O)n1. The number of nitrogen functional groups attached to an aromatic ring is 1. The molecule has 1 aromatic heterocycles. The zero-order valence-electron chi connectivity index (χ0n) is 9.34. The van der Waals surface area contributed by atoms with Crippen LogP contribution in [0.4, 0.5) is 5.82 Å².